The van der Waals surface area contributed by atoms with E-state index < -0.39 is 0 Å². The third-order valence-electron chi connectivity index (χ3n) is 2.16. The molecule has 0 aliphatic heterocycles. The van der Waals surface area contributed by atoms with Crippen molar-refractivity contribution in [3.05, 3.63) is 0 Å². The van der Waals surface area contributed by atoms with Gasteiger partial charge in [-0.3, -0.25) is 9.69 Å². The first-order valence-corrected chi connectivity index (χ1v) is 5.12. The maximum atomic E-state index is 11.3. The van der Waals surface area contributed by atoms with E-state index in [2.05, 4.69) is 18.7 Å². The Bertz CT molecular complexity index is 146. The van der Waals surface area contributed by atoms with Crippen LogP contribution in [0.15, 0.2) is 0 Å². The van der Waals surface area contributed by atoms with E-state index in [1.807, 2.05) is 0 Å². The number of carbonyl (C=O) groups excluding carboxylic acids is 1. The van der Waals surface area contributed by atoms with Crippen molar-refractivity contribution in [2.75, 3.05) is 19.6 Å². The molecule has 0 radical (unpaired) electrons. The average molecular weight is 186 g/mol. The second-order valence-corrected chi connectivity index (χ2v) is 3.48. The number of nitrogens with zero attached hydrogens (tertiary/aromatic N) is 1. The van der Waals surface area contributed by atoms with Crippen LogP contribution in [0.5, 0.6) is 0 Å². The highest BCUT2D eigenvalue weighted by molar-refractivity contribution is 5.85. The SMILES string of the molecule is CCCCN(CC)CC(=O)C(C)N. The lowest BCUT2D eigenvalue weighted by molar-refractivity contribution is -0.121. The highest BCUT2D eigenvalue weighted by atomic mass is 16.1. The van der Waals surface area contributed by atoms with Crippen LogP contribution in [0, 0.1) is 0 Å². The first-order chi connectivity index (χ1) is 6.11. The number of hydrogen-bond acceptors (Lipinski definition) is 3. The maximum absolute atomic E-state index is 11.3. The molecule has 0 aliphatic rings. The van der Waals surface area contributed by atoms with Gasteiger partial charge >= 0.3 is 0 Å². The highest BCUT2D eigenvalue weighted by Crippen LogP contribution is 1.95. The molecule has 0 fully saturated rings. The summed E-state index contributed by atoms with van der Waals surface area (Å²) in [6, 6.07) is -0.323. The first kappa shape index (κ1) is 12.6. The van der Waals surface area contributed by atoms with Crippen molar-refractivity contribution in [2.24, 2.45) is 5.73 Å². The molecule has 3 nitrogen and oxygen atoms in total. The Labute approximate surface area is 81.3 Å². The number of rotatable bonds is 7. The molecule has 0 amide bonds. The number of Topliss-reactive ketones (excluding diaryl/α,β-unsaturated/α-hetero) is 1. The minimum Gasteiger partial charge on any atom is -0.322 e. The summed E-state index contributed by atoms with van der Waals surface area (Å²) >= 11 is 0. The van der Waals surface area contributed by atoms with Gasteiger partial charge in [0, 0.05) is 0 Å². The van der Waals surface area contributed by atoms with Crippen molar-refractivity contribution in [1.82, 2.24) is 4.90 Å². The van der Waals surface area contributed by atoms with Crippen LogP contribution in [0.1, 0.15) is 33.6 Å². The van der Waals surface area contributed by atoms with Gasteiger partial charge in [-0.05, 0) is 26.4 Å². The molecule has 0 aromatic rings. The molecule has 0 bridgehead atoms. The van der Waals surface area contributed by atoms with Crippen LogP contribution in [0.4, 0.5) is 0 Å². The van der Waals surface area contributed by atoms with Crippen LogP contribution >= 0.6 is 0 Å². The summed E-state index contributed by atoms with van der Waals surface area (Å²) in [6.07, 6.45) is 2.32. The Morgan fingerprint density at radius 1 is 1.46 bits per heavy atom. The zero-order chi connectivity index (χ0) is 10.3. The van der Waals surface area contributed by atoms with Crippen molar-refractivity contribution >= 4 is 5.78 Å². The smallest absolute Gasteiger partial charge is 0.163 e. The maximum Gasteiger partial charge on any atom is 0.163 e. The van der Waals surface area contributed by atoms with E-state index in [9.17, 15) is 4.79 Å². The fraction of sp³-hybridized carbons (Fsp3) is 0.900. The summed E-state index contributed by atoms with van der Waals surface area (Å²) in [4.78, 5) is 13.5. The molecule has 0 saturated heterocycles. The summed E-state index contributed by atoms with van der Waals surface area (Å²) in [6.45, 7) is 8.42. The predicted molar refractivity (Wildman–Crippen MR) is 55.7 cm³/mol. The van der Waals surface area contributed by atoms with Gasteiger partial charge in [0.25, 0.3) is 0 Å². The lowest BCUT2D eigenvalue weighted by Gasteiger charge is -2.19. The molecule has 0 saturated carbocycles. The second kappa shape index (κ2) is 7.04. The van der Waals surface area contributed by atoms with E-state index in [0.29, 0.717) is 6.54 Å². The van der Waals surface area contributed by atoms with Crippen LogP contribution in [0.25, 0.3) is 0 Å². The van der Waals surface area contributed by atoms with Crippen molar-refractivity contribution in [3.8, 4) is 0 Å². The molecule has 0 aliphatic carbocycles. The van der Waals surface area contributed by atoms with Crippen LogP contribution in [0.3, 0.4) is 0 Å². The molecule has 13 heavy (non-hydrogen) atoms. The molecule has 0 aromatic carbocycles. The van der Waals surface area contributed by atoms with Gasteiger partial charge in [0.1, 0.15) is 0 Å². The monoisotopic (exact) mass is 186 g/mol. The van der Waals surface area contributed by atoms with Crippen molar-refractivity contribution in [1.29, 1.82) is 0 Å². The topological polar surface area (TPSA) is 46.3 Å². The molecule has 0 rings (SSSR count). The Kier molecular flexibility index (Phi) is 6.82. The first-order valence-electron chi connectivity index (χ1n) is 5.12. The molecule has 3 heteroatoms. The van der Waals surface area contributed by atoms with Gasteiger partial charge in [0.2, 0.25) is 0 Å². The Hall–Kier alpha value is -0.410. The Balaban J connectivity index is 3.76. The quantitative estimate of drug-likeness (QED) is 0.646. The zero-order valence-electron chi connectivity index (χ0n) is 9.05. The van der Waals surface area contributed by atoms with Crippen LogP contribution in [0.2, 0.25) is 0 Å². The highest BCUT2D eigenvalue weighted by Gasteiger charge is 2.11. The van der Waals surface area contributed by atoms with Gasteiger partial charge in [-0.25, -0.2) is 0 Å². The van der Waals surface area contributed by atoms with E-state index in [1.54, 1.807) is 6.92 Å². The van der Waals surface area contributed by atoms with Gasteiger partial charge in [-0.2, -0.15) is 0 Å². The van der Waals surface area contributed by atoms with Crippen LogP contribution < -0.4 is 5.73 Å². The molecular weight excluding hydrogens is 164 g/mol. The minimum atomic E-state index is -0.323. The van der Waals surface area contributed by atoms with Crippen molar-refractivity contribution < 1.29 is 4.79 Å². The molecule has 0 heterocycles. The molecular formula is C10H22N2O. The molecule has 0 aromatic heterocycles. The van der Waals surface area contributed by atoms with Gasteiger partial charge < -0.3 is 5.73 Å². The average Bonchev–Trinajstić information content (AvgIpc) is 2.11. The summed E-state index contributed by atoms with van der Waals surface area (Å²) in [5.74, 6) is 0.137. The number of carbonyl (C=O) groups is 1. The third kappa shape index (κ3) is 5.77. The Morgan fingerprint density at radius 3 is 2.46 bits per heavy atom. The summed E-state index contributed by atoms with van der Waals surface area (Å²) in [5.41, 5.74) is 5.49. The zero-order valence-corrected chi connectivity index (χ0v) is 9.05. The van der Waals surface area contributed by atoms with Crippen molar-refractivity contribution in [3.63, 3.8) is 0 Å². The van der Waals surface area contributed by atoms with Gasteiger partial charge in [-0.15, -0.1) is 0 Å². The van der Waals surface area contributed by atoms with E-state index in [-0.39, 0.29) is 11.8 Å². The number of likely N-dealkylation sites (N-methyl/N-ethyl adjacent to an activating group) is 1. The van der Waals surface area contributed by atoms with E-state index >= 15 is 0 Å². The third-order valence-corrected chi connectivity index (χ3v) is 2.16. The number of unbranched alkanes of at least 4 members (excludes halogenated alkanes) is 1. The van der Waals surface area contributed by atoms with E-state index in [0.717, 1.165) is 19.5 Å². The van der Waals surface area contributed by atoms with Gasteiger partial charge in [0.15, 0.2) is 5.78 Å². The number of hydrogen-bond donors (Lipinski definition) is 1. The lowest BCUT2D eigenvalue weighted by Crippen LogP contribution is -2.38. The van der Waals surface area contributed by atoms with Crippen LogP contribution in [-0.4, -0.2) is 36.4 Å². The predicted octanol–water partition coefficient (Wildman–Crippen LogP) is 1.02. The standard InChI is InChI=1S/C10H22N2O/c1-4-6-7-12(5-2)8-10(13)9(3)11/h9H,4-8,11H2,1-3H3. The fourth-order valence-electron chi connectivity index (χ4n) is 1.10. The van der Waals surface area contributed by atoms with Crippen LogP contribution in [-0.2, 0) is 4.79 Å². The van der Waals surface area contributed by atoms with Gasteiger partial charge in [-0.1, -0.05) is 20.3 Å². The molecule has 2 N–H and O–H groups in total. The lowest BCUT2D eigenvalue weighted by atomic mass is 10.2. The normalized spacial score (nSPS) is 13.3. The second-order valence-electron chi connectivity index (χ2n) is 3.48. The summed E-state index contributed by atoms with van der Waals surface area (Å²) in [5, 5.41) is 0. The van der Waals surface area contributed by atoms with Crippen molar-refractivity contribution in [2.45, 2.75) is 39.7 Å². The summed E-state index contributed by atoms with van der Waals surface area (Å²) < 4.78 is 0. The molecule has 78 valence electrons. The van der Waals surface area contributed by atoms with Gasteiger partial charge in [0.05, 0.1) is 12.6 Å². The molecule has 0 spiro atoms. The summed E-state index contributed by atoms with van der Waals surface area (Å²) in [7, 11) is 0. The number of ketones is 1. The largest absolute Gasteiger partial charge is 0.322 e. The van der Waals surface area contributed by atoms with E-state index in [4.69, 9.17) is 5.73 Å². The van der Waals surface area contributed by atoms with E-state index in [1.165, 1.54) is 6.42 Å². The molecule has 1 unspecified atom stereocenters. The minimum absolute atomic E-state index is 0.137. The fourth-order valence-corrected chi connectivity index (χ4v) is 1.10. The number of nitrogens with two attached hydrogens (primary N) is 1. The Morgan fingerprint density at radius 2 is 2.08 bits per heavy atom. The molecule has 1 atom stereocenters.